The molecule has 0 radical (unpaired) electrons. The van der Waals surface area contributed by atoms with Gasteiger partial charge in [0.15, 0.2) is 0 Å². The standard InChI is InChI=1S/C18H13F6IN2O2/c19-17(20,21)11-6-10(7-12(8-11)18(22,23)24)9-27-4-1-5-29-15-14(16(27)28)13(25)2-3-26-15/h2-3,6-8H,1,4-5,9H2. The van der Waals surface area contributed by atoms with Crippen LogP contribution in [-0.2, 0) is 18.9 Å². The van der Waals surface area contributed by atoms with Gasteiger partial charge in [-0.2, -0.15) is 26.3 Å². The van der Waals surface area contributed by atoms with Gasteiger partial charge in [-0.25, -0.2) is 4.98 Å². The smallest absolute Gasteiger partial charge is 0.416 e. The third kappa shape index (κ3) is 4.93. The molecule has 0 atom stereocenters. The van der Waals surface area contributed by atoms with Crippen molar-refractivity contribution in [1.82, 2.24) is 9.88 Å². The van der Waals surface area contributed by atoms with E-state index in [1.165, 1.54) is 11.1 Å². The monoisotopic (exact) mass is 530 g/mol. The lowest BCUT2D eigenvalue weighted by Crippen LogP contribution is -2.35. The molecule has 0 unspecified atom stereocenters. The van der Waals surface area contributed by atoms with Crippen molar-refractivity contribution in [1.29, 1.82) is 0 Å². The summed E-state index contributed by atoms with van der Waals surface area (Å²) >= 11 is 1.90. The number of benzene rings is 1. The van der Waals surface area contributed by atoms with E-state index >= 15 is 0 Å². The maximum atomic E-state index is 13.1. The highest BCUT2D eigenvalue weighted by molar-refractivity contribution is 14.1. The Labute approximate surface area is 175 Å². The van der Waals surface area contributed by atoms with Crippen LogP contribution >= 0.6 is 22.6 Å². The van der Waals surface area contributed by atoms with E-state index in [2.05, 4.69) is 4.98 Å². The molecule has 4 nitrogen and oxygen atoms in total. The van der Waals surface area contributed by atoms with Crippen molar-refractivity contribution in [2.75, 3.05) is 13.2 Å². The molecule has 1 aliphatic heterocycles. The molecule has 0 saturated carbocycles. The Balaban J connectivity index is 2.00. The van der Waals surface area contributed by atoms with E-state index in [4.69, 9.17) is 4.74 Å². The molecule has 0 aliphatic carbocycles. The third-order valence-corrected chi connectivity index (χ3v) is 5.10. The van der Waals surface area contributed by atoms with Crippen molar-refractivity contribution in [3.05, 3.63) is 56.3 Å². The summed E-state index contributed by atoms with van der Waals surface area (Å²) in [6.45, 7) is -0.0860. The minimum absolute atomic E-state index is 0.0643. The van der Waals surface area contributed by atoms with Crippen LogP contribution in [0, 0.1) is 3.57 Å². The average molecular weight is 530 g/mol. The zero-order chi connectivity index (χ0) is 21.4. The van der Waals surface area contributed by atoms with Gasteiger partial charge in [-0.3, -0.25) is 4.79 Å². The van der Waals surface area contributed by atoms with Gasteiger partial charge in [0.25, 0.3) is 5.91 Å². The molecular formula is C18H13F6IN2O2. The number of aromatic nitrogens is 1. The van der Waals surface area contributed by atoms with Crippen LogP contribution in [0.5, 0.6) is 5.88 Å². The second-order valence-corrected chi connectivity index (χ2v) is 7.48. The van der Waals surface area contributed by atoms with Crippen molar-refractivity contribution in [3.63, 3.8) is 0 Å². The van der Waals surface area contributed by atoms with E-state index in [0.29, 0.717) is 22.1 Å². The number of pyridine rings is 1. The summed E-state index contributed by atoms with van der Waals surface area (Å²) in [6, 6.07) is 2.89. The van der Waals surface area contributed by atoms with Crippen LogP contribution in [-0.4, -0.2) is 28.9 Å². The maximum absolute atomic E-state index is 13.1. The molecule has 1 aliphatic rings. The molecule has 0 spiro atoms. The Morgan fingerprint density at radius 3 is 2.28 bits per heavy atom. The van der Waals surface area contributed by atoms with Crippen LogP contribution in [0.25, 0.3) is 0 Å². The molecule has 156 valence electrons. The lowest BCUT2D eigenvalue weighted by molar-refractivity contribution is -0.143. The van der Waals surface area contributed by atoms with E-state index in [0.717, 1.165) is 0 Å². The van der Waals surface area contributed by atoms with Gasteiger partial charge in [0.05, 0.1) is 17.7 Å². The van der Waals surface area contributed by atoms with E-state index in [9.17, 15) is 31.1 Å². The van der Waals surface area contributed by atoms with Gasteiger partial charge < -0.3 is 9.64 Å². The third-order valence-electron chi connectivity index (χ3n) is 4.20. The summed E-state index contributed by atoms with van der Waals surface area (Å²) in [4.78, 5) is 18.1. The fraction of sp³-hybridized carbons (Fsp3) is 0.333. The van der Waals surface area contributed by atoms with Gasteiger partial charge in [0, 0.05) is 22.9 Å². The van der Waals surface area contributed by atoms with Crippen molar-refractivity contribution < 1.29 is 35.9 Å². The molecule has 0 bridgehead atoms. The molecule has 1 aromatic heterocycles. The Hall–Kier alpha value is -2.05. The SMILES string of the molecule is O=C1c2c(I)ccnc2OCCCN1Cc1cc(C(F)(F)F)cc(C(F)(F)F)c1. The van der Waals surface area contributed by atoms with Gasteiger partial charge in [-0.1, -0.05) is 0 Å². The highest BCUT2D eigenvalue weighted by Gasteiger charge is 2.37. The van der Waals surface area contributed by atoms with Gasteiger partial charge in [0.2, 0.25) is 5.88 Å². The van der Waals surface area contributed by atoms with E-state index in [1.807, 2.05) is 22.6 Å². The molecule has 1 aromatic carbocycles. The lowest BCUT2D eigenvalue weighted by atomic mass is 10.0. The van der Waals surface area contributed by atoms with Gasteiger partial charge >= 0.3 is 12.4 Å². The van der Waals surface area contributed by atoms with E-state index in [-0.39, 0.29) is 36.2 Å². The van der Waals surface area contributed by atoms with Crippen molar-refractivity contribution in [3.8, 4) is 5.88 Å². The van der Waals surface area contributed by atoms with Gasteiger partial charge in [-0.05, 0) is 58.8 Å². The van der Waals surface area contributed by atoms with Crippen LogP contribution in [0.2, 0.25) is 0 Å². The number of carbonyl (C=O) groups excluding carboxylic acids is 1. The predicted molar refractivity (Wildman–Crippen MR) is 98.3 cm³/mol. The second kappa shape index (κ2) is 8.00. The Bertz CT molecular complexity index is 897. The largest absolute Gasteiger partial charge is 0.477 e. The number of hydrogen-bond acceptors (Lipinski definition) is 3. The highest BCUT2D eigenvalue weighted by Crippen LogP contribution is 2.37. The number of nitrogens with zero attached hydrogens (tertiary/aromatic N) is 2. The highest BCUT2D eigenvalue weighted by atomic mass is 127. The molecule has 29 heavy (non-hydrogen) atoms. The van der Waals surface area contributed by atoms with Crippen LogP contribution in [0.15, 0.2) is 30.5 Å². The van der Waals surface area contributed by atoms with Gasteiger partial charge in [-0.15, -0.1) is 0 Å². The van der Waals surface area contributed by atoms with E-state index < -0.39 is 35.9 Å². The number of ether oxygens (including phenoxy) is 1. The normalized spacial score (nSPS) is 15.4. The maximum Gasteiger partial charge on any atom is 0.416 e. The summed E-state index contributed by atoms with van der Waals surface area (Å²) in [5.41, 5.74) is -2.96. The van der Waals surface area contributed by atoms with Crippen molar-refractivity contribution >= 4 is 28.5 Å². The molecule has 1 amide bonds. The van der Waals surface area contributed by atoms with Crippen LogP contribution in [0.3, 0.4) is 0 Å². The zero-order valence-corrected chi connectivity index (χ0v) is 16.7. The summed E-state index contributed by atoms with van der Waals surface area (Å²) < 4.78 is 84.5. The fourth-order valence-corrected chi connectivity index (χ4v) is 3.51. The lowest BCUT2D eigenvalue weighted by Gasteiger charge is -2.27. The van der Waals surface area contributed by atoms with Gasteiger partial charge in [0.1, 0.15) is 5.56 Å². The number of halogens is 7. The molecular weight excluding hydrogens is 517 g/mol. The van der Waals surface area contributed by atoms with Crippen molar-refractivity contribution in [2.45, 2.75) is 25.3 Å². The minimum atomic E-state index is -4.95. The molecule has 3 rings (SSSR count). The van der Waals surface area contributed by atoms with Crippen LogP contribution in [0.4, 0.5) is 26.3 Å². The molecule has 0 N–H and O–H groups in total. The summed E-state index contributed by atoms with van der Waals surface area (Å²) in [5.74, 6) is -0.477. The average Bonchev–Trinajstić information content (AvgIpc) is 2.61. The number of fused-ring (bicyclic) bond motifs is 1. The second-order valence-electron chi connectivity index (χ2n) is 6.32. The quantitative estimate of drug-likeness (QED) is 0.399. The van der Waals surface area contributed by atoms with Crippen LogP contribution < -0.4 is 4.74 Å². The molecule has 0 fully saturated rings. The minimum Gasteiger partial charge on any atom is -0.477 e. The number of hydrogen-bond donors (Lipinski definition) is 0. The number of amides is 1. The first-order valence-corrected chi connectivity index (χ1v) is 9.39. The topological polar surface area (TPSA) is 42.4 Å². The predicted octanol–water partition coefficient (Wildman–Crippen LogP) is 5.15. The summed E-state index contributed by atoms with van der Waals surface area (Å²) in [6.07, 6.45) is -8.10. The molecule has 11 heteroatoms. The molecule has 0 saturated heterocycles. The van der Waals surface area contributed by atoms with Crippen LogP contribution in [0.1, 0.15) is 33.5 Å². The Morgan fingerprint density at radius 1 is 1.07 bits per heavy atom. The van der Waals surface area contributed by atoms with Crippen molar-refractivity contribution in [2.24, 2.45) is 0 Å². The molecule has 2 aromatic rings. The summed E-state index contributed by atoms with van der Waals surface area (Å²) in [5, 5.41) is 0. The zero-order valence-electron chi connectivity index (χ0n) is 14.6. The Morgan fingerprint density at radius 2 is 1.69 bits per heavy atom. The first kappa shape index (κ1) is 21.7. The first-order chi connectivity index (χ1) is 13.5. The number of carbonyl (C=O) groups is 1. The van der Waals surface area contributed by atoms with E-state index in [1.54, 1.807) is 6.07 Å². The first-order valence-electron chi connectivity index (χ1n) is 8.32. The number of alkyl halides is 6. The summed E-state index contributed by atoms with van der Waals surface area (Å²) in [7, 11) is 0. The Kier molecular flexibility index (Phi) is 5.97. The molecule has 2 heterocycles. The number of rotatable bonds is 2. The fourth-order valence-electron chi connectivity index (χ4n) is 2.89.